The van der Waals surface area contributed by atoms with Crippen molar-refractivity contribution in [1.82, 2.24) is 5.43 Å². The van der Waals surface area contributed by atoms with Crippen molar-refractivity contribution in [2.24, 2.45) is 5.10 Å². The van der Waals surface area contributed by atoms with Gasteiger partial charge in [0.05, 0.1) is 11.8 Å². The van der Waals surface area contributed by atoms with Crippen LogP contribution in [-0.4, -0.2) is 27.4 Å². The molecule has 0 saturated heterocycles. The van der Waals surface area contributed by atoms with E-state index in [1.807, 2.05) is 0 Å². The fourth-order valence-electron chi connectivity index (χ4n) is 1.56. The van der Waals surface area contributed by atoms with Gasteiger partial charge < -0.3 is 15.3 Å². The van der Waals surface area contributed by atoms with E-state index in [9.17, 15) is 15.0 Å². The van der Waals surface area contributed by atoms with E-state index in [-0.39, 0.29) is 22.8 Å². The average Bonchev–Trinajstić information content (AvgIpc) is 2.42. The maximum atomic E-state index is 11.8. The van der Waals surface area contributed by atoms with E-state index >= 15 is 0 Å². The number of nitrogens with zero attached hydrogens (tertiary/aromatic N) is 1. The Morgan fingerprint density at radius 2 is 1.86 bits per heavy atom. The molecule has 0 bridgehead atoms. The van der Waals surface area contributed by atoms with E-state index < -0.39 is 5.91 Å². The number of carbonyl (C=O) groups is 1. The van der Waals surface area contributed by atoms with Crippen LogP contribution in [0.15, 0.2) is 41.5 Å². The van der Waals surface area contributed by atoms with Crippen LogP contribution in [0.1, 0.15) is 15.9 Å². The van der Waals surface area contributed by atoms with Crippen LogP contribution >= 0.6 is 11.6 Å². The second-order valence-electron chi connectivity index (χ2n) is 4.10. The number of hydrogen-bond donors (Lipinski definition) is 4. The molecule has 0 atom stereocenters. The SMILES string of the molecule is O=C(N/N=C\c1cc(Cl)ccc1O)c1ccc(O)cc1O. The molecule has 0 aliphatic carbocycles. The van der Waals surface area contributed by atoms with Gasteiger partial charge in [0.15, 0.2) is 0 Å². The molecule has 0 saturated carbocycles. The highest BCUT2D eigenvalue weighted by Crippen LogP contribution is 2.22. The van der Waals surface area contributed by atoms with Gasteiger partial charge in [-0.3, -0.25) is 4.79 Å². The molecule has 108 valence electrons. The first kappa shape index (κ1) is 14.7. The van der Waals surface area contributed by atoms with Gasteiger partial charge in [-0.05, 0) is 30.3 Å². The highest BCUT2D eigenvalue weighted by Gasteiger charge is 2.10. The molecule has 0 heterocycles. The molecule has 0 unspecified atom stereocenters. The number of phenolic OH excluding ortho intramolecular Hbond substituents is 3. The number of aromatic hydroxyl groups is 3. The van der Waals surface area contributed by atoms with Crippen LogP contribution in [0.2, 0.25) is 5.02 Å². The molecule has 21 heavy (non-hydrogen) atoms. The van der Waals surface area contributed by atoms with Crippen molar-refractivity contribution < 1.29 is 20.1 Å². The Labute approximate surface area is 124 Å². The predicted octanol–water partition coefficient (Wildman–Crippen LogP) is 2.22. The van der Waals surface area contributed by atoms with E-state index in [4.69, 9.17) is 16.7 Å². The Morgan fingerprint density at radius 1 is 1.10 bits per heavy atom. The summed E-state index contributed by atoms with van der Waals surface area (Å²) in [5, 5.41) is 32.3. The summed E-state index contributed by atoms with van der Waals surface area (Å²) in [6.45, 7) is 0. The number of amides is 1. The molecule has 7 heteroatoms. The lowest BCUT2D eigenvalue weighted by molar-refractivity contribution is 0.0952. The van der Waals surface area contributed by atoms with E-state index in [1.165, 1.54) is 36.5 Å². The molecule has 0 aromatic heterocycles. The number of hydrazone groups is 1. The van der Waals surface area contributed by atoms with E-state index in [0.29, 0.717) is 10.6 Å². The summed E-state index contributed by atoms with van der Waals surface area (Å²) in [5.41, 5.74) is 2.48. The highest BCUT2D eigenvalue weighted by atomic mass is 35.5. The maximum Gasteiger partial charge on any atom is 0.275 e. The fourth-order valence-corrected chi connectivity index (χ4v) is 1.74. The Morgan fingerprint density at radius 3 is 2.57 bits per heavy atom. The smallest absolute Gasteiger partial charge is 0.275 e. The zero-order valence-corrected chi connectivity index (χ0v) is 11.4. The maximum absolute atomic E-state index is 11.8. The molecular formula is C14H11ClN2O4. The first-order valence-electron chi connectivity index (χ1n) is 5.81. The van der Waals surface area contributed by atoms with Crippen LogP contribution in [0.5, 0.6) is 17.2 Å². The van der Waals surface area contributed by atoms with Gasteiger partial charge in [0.1, 0.15) is 17.2 Å². The molecule has 0 aliphatic rings. The quantitative estimate of drug-likeness (QED) is 0.516. The lowest BCUT2D eigenvalue weighted by atomic mass is 10.2. The summed E-state index contributed by atoms with van der Waals surface area (Å²) < 4.78 is 0. The third-order valence-electron chi connectivity index (χ3n) is 2.59. The van der Waals surface area contributed by atoms with E-state index in [2.05, 4.69) is 10.5 Å². The minimum Gasteiger partial charge on any atom is -0.508 e. The first-order chi connectivity index (χ1) is 9.97. The van der Waals surface area contributed by atoms with Crippen LogP contribution in [-0.2, 0) is 0 Å². The normalized spacial score (nSPS) is 10.7. The third kappa shape index (κ3) is 3.64. The van der Waals surface area contributed by atoms with Gasteiger partial charge in [-0.25, -0.2) is 5.43 Å². The molecule has 1 amide bonds. The van der Waals surface area contributed by atoms with Crippen LogP contribution in [0.3, 0.4) is 0 Å². The average molecular weight is 307 g/mol. The van der Waals surface area contributed by atoms with Gasteiger partial charge >= 0.3 is 0 Å². The molecule has 0 aliphatic heterocycles. The van der Waals surface area contributed by atoms with Crippen molar-refractivity contribution in [2.75, 3.05) is 0 Å². The zero-order chi connectivity index (χ0) is 15.4. The van der Waals surface area contributed by atoms with Crippen molar-refractivity contribution in [3.8, 4) is 17.2 Å². The Balaban J connectivity index is 2.10. The molecular weight excluding hydrogens is 296 g/mol. The van der Waals surface area contributed by atoms with Gasteiger partial charge in [-0.15, -0.1) is 0 Å². The topological polar surface area (TPSA) is 102 Å². The van der Waals surface area contributed by atoms with Crippen LogP contribution in [0.25, 0.3) is 0 Å². The standard InChI is InChI=1S/C14H11ClN2O4/c15-9-1-4-12(19)8(5-9)7-16-17-14(21)11-3-2-10(18)6-13(11)20/h1-7,18-20H,(H,17,21)/b16-7-. The molecule has 2 aromatic rings. The van der Waals surface area contributed by atoms with Crippen molar-refractivity contribution in [3.63, 3.8) is 0 Å². The molecule has 6 nitrogen and oxygen atoms in total. The number of nitrogens with one attached hydrogen (secondary N) is 1. The highest BCUT2D eigenvalue weighted by molar-refractivity contribution is 6.30. The molecule has 0 radical (unpaired) electrons. The summed E-state index contributed by atoms with van der Waals surface area (Å²) in [6.07, 6.45) is 1.22. The summed E-state index contributed by atoms with van der Waals surface area (Å²) in [5.74, 6) is -1.22. The van der Waals surface area contributed by atoms with Crippen LogP contribution < -0.4 is 5.43 Å². The lowest BCUT2D eigenvalue weighted by Crippen LogP contribution is -2.17. The number of hydrogen-bond acceptors (Lipinski definition) is 5. The lowest BCUT2D eigenvalue weighted by Gasteiger charge is -2.03. The van der Waals surface area contributed by atoms with Crippen LogP contribution in [0, 0.1) is 0 Å². The monoisotopic (exact) mass is 306 g/mol. The summed E-state index contributed by atoms with van der Waals surface area (Å²) in [6, 6.07) is 7.96. The summed E-state index contributed by atoms with van der Waals surface area (Å²) in [4.78, 5) is 11.8. The van der Waals surface area contributed by atoms with Gasteiger partial charge in [0.2, 0.25) is 0 Å². The molecule has 0 spiro atoms. The first-order valence-corrected chi connectivity index (χ1v) is 6.19. The number of rotatable bonds is 3. The van der Waals surface area contributed by atoms with Crippen molar-refractivity contribution in [2.45, 2.75) is 0 Å². The fraction of sp³-hybridized carbons (Fsp3) is 0. The van der Waals surface area contributed by atoms with Crippen LogP contribution in [0.4, 0.5) is 0 Å². The number of carbonyl (C=O) groups excluding carboxylic acids is 1. The van der Waals surface area contributed by atoms with Gasteiger partial charge in [-0.1, -0.05) is 11.6 Å². The number of halogens is 1. The molecule has 2 aromatic carbocycles. The Kier molecular flexibility index (Phi) is 4.30. The Bertz CT molecular complexity index is 716. The van der Waals surface area contributed by atoms with Gasteiger partial charge in [-0.2, -0.15) is 5.10 Å². The van der Waals surface area contributed by atoms with E-state index in [0.717, 1.165) is 6.07 Å². The van der Waals surface area contributed by atoms with Gasteiger partial charge in [0.25, 0.3) is 5.91 Å². The molecule has 2 rings (SSSR count). The van der Waals surface area contributed by atoms with E-state index in [1.54, 1.807) is 0 Å². The number of phenols is 3. The minimum atomic E-state index is -0.662. The van der Waals surface area contributed by atoms with Gasteiger partial charge in [0, 0.05) is 16.7 Å². The Hall–Kier alpha value is -2.73. The summed E-state index contributed by atoms with van der Waals surface area (Å²) >= 11 is 5.77. The number of benzene rings is 2. The summed E-state index contributed by atoms with van der Waals surface area (Å²) in [7, 11) is 0. The second kappa shape index (κ2) is 6.15. The van der Waals surface area contributed by atoms with Crippen molar-refractivity contribution >= 4 is 23.7 Å². The largest absolute Gasteiger partial charge is 0.508 e. The minimum absolute atomic E-state index is 0.0371. The van der Waals surface area contributed by atoms with Crippen molar-refractivity contribution in [1.29, 1.82) is 0 Å². The van der Waals surface area contributed by atoms with Crippen molar-refractivity contribution in [3.05, 3.63) is 52.5 Å². The predicted molar refractivity (Wildman–Crippen MR) is 77.9 cm³/mol. The second-order valence-corrected chi connectivity index (χ2v) is 4.54. The third-order valence-corrected chi connectivity index (χ3v) is 2.82. The molecule has 4 N–H and O–H groups in total. The zero-order valence-electron chi connectivity index (χ0n) is 10.6. The molecule has 0 fully saturated rings.